The molecule has 0 saturated carbocycles. The molecule has 2 heterocycles. The molecule has 1 unspecified atom stereocenters. The second-order valence-electron chi connectivity index (χ2n) is 7.30. The van der Waals surface area contributed by atoms with Gasteiger partial charge in [0, 0.05) is 27.6 Å². The van der Waals surface area contributed by atoms with Crippen molar-refractivity contribution in [1.29, 1.82) is 0 Å². The predicted molar refractivity (Wildman–Crippen MR) is 121 cm³/mol. The SMILES string of the molecule is CC1C=CCN1C(=O)c1ccc(C(=O)N[C@@H](C)c2nc3cc(Cl)ccc3[nH]2)cc1Br. The van der Waals surface area contributed by atoms with Crippen LogP contribution >= 0.6 is 27.5 Å². The Kier molecular flexibility index (Phi) is 5.66. The number of nitrogens with one attached hydrogen (secondary N) is 2. The molecular weight excluding hydrogens is 468 g/mol. The number of H-pyrrole nitrogens is 1. The Hall–Kier alpha value is -2.64. The number of hydrogen-bond donors (Lipinski definition) is 2. The Labute approximate surface area is 187 Å². The van der Waals surface area contributed by atoms with Crippen molar-refractivity contribution in [1.82, 2.24) is 20.2 Å². The Balaban J connectivity index is 1.48. The number of fused-ring (bicyclic) bond motifs is 1. The van der Waals surface area contributed by atoms with E-state index in [-0.39, 0.29) is 23.9 Å². The number of nitrogens with zero attached hydrogens (tertiary/aromatic N) is 2. The summed E-state index contributed by atoms with van der Waals surface area (Å²) in [5.74, 6) is 0.319. The maximum absolute atomic E-state index is 12.8. The fraction of sp³-hybridized carbons (Fsp3) is 0.227. The molecule has 6 nitrogen and oxygen atoms in total. The first kappa shape index (κ1) is 20.6. The third-order valence-electron chi connectivity index (χ3n) is 5.15. The summed E-state index contributed by atoms with van der Waals surface area (Å²) >= 11 is 9.46. The third-order valence-corrected chi connectivity index (χ3v) is 6.04. The highest BCUT2D eigenvalue weighted by molar-refractivity contribution is 9.10. The second-order valence-corrected chi connectivity index (χ2v) is 8.59. The molecule has 1 aromatic heterocycles. The molecule has 8 heteroatoms. The highest BCUT2D eigenvalue weighted by Gasteiger charge is 2.24. The van der Waals surface area contributed by atoms with Crippen molar-refractivity contribution in [3.05, 3.63) is 75.0 Å². The molecule has 3 aromatic rings. The average Bonchev–Trinajstić information content (AvgIpc) is 3.33. The van der Waals surface area contributed by atoms with E-state index in [1.54, 1.807) is 35.2 Å². The molecule has 154 valence electrons. The van der Waals surface area contributed by atoms with Gasteiger partial charge in [-0.1, -0.05) is 23.8 Å². The maximum atomic E-state index is 12.8. The van der Waals surface area contributed by atoms with Gasteiger partial charge in [0.2, 0.25) is 0 Å². The Morgan fingerprint density at radius 3 is 2.80 bits per heavy atom. The first-order chi connectivity index (χ1) is 14.3. The second kappa shape index (κ2) is 8.24. The minimum absolute atomic E-state index is 0.0620. The number of amides is 2. The van der Waals surface area contributed by atoms with Crippen molar-refractivity contribution < 1.29 is 9.59 Å². The molecule has 2 atom stereocenters. The minimum Gasteiger partial charge on any atom is -0.342 e. The van der Waals surface area contributed by atoms with Gasteiger partial charge >= 0.3 is 0 Å². The number of halogens is 2. The van der Waals surface area contributed by atoms with E-state index in [0.717, 1.165) is 11.0 Å². The van der Waals surface area contributed by atoms with E-state index in [0.29, 0.717) is 33.0 Å². The lowest BCUT2D eigenvalue weighted by Crippen LogP contribution is -2.34. The van der Waals surface area contributed by atoms with Crippen molar-refractivity contribution >= 4 is 50.4 Å². The molecule has 0 saturated heterocycles. The Morgan fingerprint density at radius 1 is 1.30 bits per heavy atom. The van der Waals surface area contributed by atoms with Gasteiger partial charge in [0.1, 0.15) is 5.82 Å². The van der Waals surface area contributed by atoms with Crippen LogP contribution in [0.25, 0.3) is 11.0 Å². The van der Waals surface area contributed by atoms with Crippen LogP contribution in [0, 0.1) is 0 Å². The topological polar surface area (TPSA) is 78.1 Å². The molecule has 2 aromatic carbocycles. The van der Waals surface area contributed by atoms with Crippen LogP contribution in [0.15, 0.2) is 53.0 Å². The largest absolute Gasteiger partial charge is 0.342 e. The van der Waals surface area contributed by atoms with Crippen LogP contribution in [0.4, 0.5) is 0 Å². The standard InChI is InChI=1S/C22H20BrClN4O2/c1-12-4-3-9-28(12)22(30)16-7-5-14(10-17(16)23)21(29)25-13(2)20-26-18-8-6-15(24)11-19(18)27-20/h3-8,10-13H,9H2,1-2H3,(H,25,29)(H,26,27)/t12?,13-/m0/s1. The fourth-order valence-electron chi connectivity index (χ4n) is 3.45. The summed E-state index contributed by atoms with van der Waals surface area (Å²) in [4.78, 5) is 35.0. The van der Waals surface area contributed by atoms with Crippen LogP contribution in [0.5, 0.6) is 0 Å². The molecule has 4 rings (SSSR count). The lowest BCUT2D eigenvalue weighted by atomic mass is 10.1. The van der Waals surface area contributed by atoms with E-state index in [4.69, 9.17) is 11.6 Å². The summed E-state index contributed by atoms with van der Waals surface area (Å²) < 4.78 is 0.588. The summed E-state index contributed by atoms with van der Waals surface area (Å²) in [6, 6.07) is 10.1. The number of imidazole rings is 1. The predicted octanol–water partition coefficient (Wildman–Crippen LogP) is 4.87. The van der Waals surface area contributed by atoms with Gasteiger partial charge in [-0.3, -0.25) is 9.59 Å². The van der Waals surface area contributed by atoms with E-state index in [9.17, 15) is 9.59 Å². The Bertz CT molecular complexity index is 1170. The van der Waals surface area contributed by atoms with Gasteiger partial charge in [-0.15, -0.1) is 0 Å². The van der Waals surface area contributed by atoms with E-state index < -0.39 is 0 Å². The van der Waals surface area contributed by atoms with Crippen molar-refractivity contribution in [2.24, 2.45) is 0 Å². The number of rotatable bonds is 4. The van der Waals surface area contributed by atoms with Gasteiger partial charge in [-0.05, 0) is 66.2 Å². The van der Waals surface area contributed by atoms with Gasteiger partial charge in [0.05, 0.1) is 22.6 Å². The number of benzene rings is 2. The third kappa shape index (κ3) is 4.00. The van der Waals surface area contributed by atoms with E-state index >= 15 is 0 Å². The zero-order valence-electron chi connectivity index (χ0n) is 16.4. The number of carbonyl (C=O) groups excluding carboxylic acids is 2. The number of carbonyl (C=O) groups is 2. The average molecular weight is 488 g/mol. The smallest absolute Gasteiger partial charge is 0.255 e. The normalized spacial score (nSPS) is 16.8. The molecule has 0 radical (unpaired) electrons. The van der Waals surface area contributed by atoms with Gasteiger partial charge in [-0.2, -0.15) is 0 Å². The molecule has 30 heavy (non-hydrogen) atoms. The minimum atomic E-state index is -0.333. The van der Waals surface area contributed by atoms with Crippen LogP contribution < -0.4 is 5.32 Å². The van der Waals surface area contributed by atoms with Crippen LogP contribution in [0.2, 0.25) is 5.02 Å². The fourth-order valence-corrected chi connectivity index (χ4v) is 4.16. The van der Waals surface area contributed by atoms with Gasteiger partial charge < -0.3 is 15.2 Å². The van der Waals surface area contributed by atoms with Crippen molar-refractivity contribution in [2.45, 2.75) is 25.9 Å². The first-order valence-electron chi connectivity index (χ1n) is 9.56. The van der Waals surface area contributed by atoms with Crippen LogP contribution in [-0.2, 0) is 0 Å². The summed E-state index contributed by atoms with van der Waals surface area (Å²) in [7, 11) is 0. The molecule has 2 amide bonds. The zero-order valence-corrected chi connectivity index (χ0v) is 18.8. The number of hydrogen-bond acceptors (Lipinski definition) is 3. The monoisotopic (exact) mass is 486 g/mol. The summed E-state index contributed by atoms with van der Waals surface area (Å²) in [6.45, 7) is 4.42. The molecule has 1 aliphatic rings. The van der Waals surface area contributed by atoms with E-state index in [2.05, 4.69) is 31.2 Å². The number of aromatic amines is 1. The number of aromatic nitrogens is 2. The zero-order chi connectivity index (χ0) is 21.4. The molecule has 0 fully saturated rings. The maximum Gasteiger partial charge on any atom is 0.255 e. The van der Waals surface area contributed by atoms with Gasteiger partial charge in [-0.25, -0.2) is 4.98 Å². The lowest BCUT2D eigenvalue weighted by Gasteiger charge is -2.22. The van der Waals surface area contributed by atoms with Gasteiger partial charge in [0.15, 0.2) is 0 Å². The molecule has 1 aliphatic heterocycles. The highest BCUT2D eigenvalue weighted by Crippen LogP contribution is 2.24. The van der Waals surface area contributed by atoms with E-state index in [1.165, 1.54) is 0 Å². The molecule has 2 N–H and O–H groups in total. The van der Waals surface area contributed by atoms with Crippen molar-refractivity contribution in [3.8, 4) is 0 Å². The quantitative estimate of drug-likeness (QED) is 0.515. The summed E-state index contributed by atoms with van der Waals surface area (Å²) in [5.41, 5.74) is 2.59. The summed E-state index contributed by atoms with van der Waals surface area (Å²) in [6.07, 6.45) is 3.98. The highest BCUT2D eigenvalue weighted by atomic mass is 79.9. The van der Waals surface area contributed by atoms with Crippen molar-refractivity contribution in [2.75, 3.05) is 6.54 Å². The molecule has 0 bridgehead atoms. The first-order valence-corrected chi connectivity index (χ1v) is 10.7. The van der Waals surface area contributed by atoms with Gasteiger partial charge in [0.25, 0.3) is 11.8 Å². The lowest BCUT2D eigenvalue weighted by molar-refractivity contribution is 0.0757. The Morgan fingerprint density at radius 2 is 2.10 bits per heavy atom. The summed E-state index contributed by atoms with van der Waals surface area (Å²) in [5, 5.41) is 3.54. The van der Waals surface area contributed by atoms with Crippen LogP contribution in [-0.4, -0.2) is 39.3 Å². The van der Waals surface area contributed by atoms with Crippen molar-refractivity contribution in [3.63, 3.8) is 0 Å². The molecule has 0 spiro atoms. The molecular formula is C22H20BrClN4O2. The van der Waals surface area contributed by atoms with E-state index in [1.807, 2.05) is 32.1 Å². The van der Waals surface area contributed by atoms with Crippen LogP contribution in [0.3, 0.4) is 0 Å². The van der Waals surface area contributed by atoms with Crippen LogP contribution in [0.1, 0.15) is 46.4 Å². The molecule has 0 aliphatic carbocycles.